The van der Waals surface area contributed by atoms with Crippen LogP contribution in [0.3, 0.4) is 0 Å². The Bertz CT molecular complexity index is 721. The fourth-order valence-corrected chi connectivity index (χ4v) is 3.43. The van der Waals surface area contributed by atoms with Crippen molar-refractivity contribution in [2.45, 2.75) is 51.7 Å². The van der Waals surface area contributed by atoms with Gasteiger partial charge in [-0.1, -0.05) is 49.7 Å². The largest absolute Gasteiger partial charge is 0.477 e. The fraction of sp³-hybridized carbons (Fsp3) is 0.455. The van der Waals surface area contributed by atoms with Gasteiger partial charge in [-0.05, 0) is 37.4 Å². The van der Waals surface area contributed by atoms with Crippen LogP contribution in [0.25, 0.3) is 0 Å². The Labute approximate surface area is 161 Å². The quantitative estimate of drug-likeness (QED) is 0.689. The second kappa shape index (κ2) is 10.1. The van der Waals surface area contributed by atoms with Gasteiger partial charge in [0, 0.05) is 24.8 Å². The Morgan fingerprint density at radius 1 is 1.26 bits per heavy atom. The van der Waals surface area contributed by atoms with Crippen LogP contribution in [0.1, 0.15) is 43.7 Å². The van der Waals surface area contributed by atoms with E-state index in [0.717, 1.165) is 44.3 Å². The van der Waals surface area contributed by atoms with Gasteiger partial charge < -0.3 is 10.1 Å². The lowest BCUT2D eigenvalue weighted by Gasteiger charge is -2.24. The van der Waals surface area contributed by atoms with Crippen LogP contribution in [0.15, 0.2) is 48.7 Å². The van der Waals surface area contributed by atoms with Crippen LogP contribution in [0.4, 0.5) is 0 Å². The van der Waals surface area contributed by atoms with Crippen LogP contribution in [-0.4, -0.2) is 35.0 Å². The highest BCUT2D eigenvalue weighted by molar-refractivity contribution is 5.82. The summed E-state index contributed by atoms with van der Waals surface area (Å²) >= 11 is 0. The molecule has 1 aliphatic heterocycles. The Balaban J connectivity index is 1.55. The molecule has 0 saturated carbocycles. The van der Waals surface area contributed by atoms with Gasteiger partial charge in [0.2, 0.25) is 11.8 Å². The molecule has 5 nitrogen and oxygen atoms in total. The van der Waals surface area contributed by atoms with E-state index in [1.807, 2.05) is 30.3 Å². The predicted octanol–water partition coefficient (Wildman–Crippen LogP) is 3.54. The molecule has 1 aliphatic rings. The van der Waals surface area contributed by atoms with Gasteiger partial charge in [0.25, 0.3) is 0 Å². The molecule has 1 fully saturated rings. The summed E-state index contributed by atoms with van der Waals surface area (Å²) in [5, 5.41) is 3.09. The molecule has 0 spiro atoms. The van der Waals surface area contributed by atoms with Crippen LogP contribution in [0, 0.1) is 0 Å². The number of rotatable bonds is 9. The number of hydrogen-bond acceptors (Lipinski definition) is 4. The predicted molar refractivity (Wildman–Crippen MR) is 106 cm³/mol. The molecule has 1 unspecified atom stereocenters. The molecule has 1 aromatic heterocycles. The van der Waals surface area contributed by atoms with Crippen molar-refractivity contribution in [1.82, 2.24) is 15.2 Å². The monoisotopic (exact) mass is 367 g/mol. The van der Waals surface area contributed by atoms with Crippen LogP contribution in [0.2, 0.25) is 0 Å². The summed E-state index contributed by atoms with van der Waals surface area (Å²) in [6, 6.07) is 14.1. The molecule has 3 rings (SSSR count). The molecule has 5 heteroatoms. The first kappa shape index (κ1) is 19.4. The summed E-state index contributed by atoms with van der Waals surface area (Å²) < 4.78 is 5.76. The van der Waals surface area contributed by atoms with Gasteiger partial charge in [0.1, 0.15) is 0 Å². The number of nitrogens with one attached hydrogen (secondary N) is 1. The summed E-state index contributed by atoms with van der Waals surface area (Å²) in [5.41, 5.74) is 2.17. The van der Waals surface area contributed by atoms with Crippen molar-refractivity contribution < 1.29 is 9.53 Å². The Kier molecular flexibility index (Phi) is 7.22. The zero-order chi connectivity index (χ0) is 18.9. The number of pyridine rings is 1. The Morgan fingerprint density at radius 3 is 2.93 bits per heavy atom. The van der Waals surface area contributed by atoms with E-state index >= 15 is 0 Å². The molecular formula is C22H29N3O2. The van der Waals surface area contributed by atoms with Crippen LogP contribution in [-0.2, 0) is 17.9 Å². The fourth-order valence-electron chi connectivity index (χ4n) is 3.43. The molecule has 2 heterocycles. The summed E-state index contributed by atoms with van der Waals surface area (Å²) in [7, 11) is 0. The van der Waals surface area contributed by atoms with Gasteiger partial charge in [0.15, 0.2) is 0 Å². The van der Waals surface area contributed by atoms with Crippen molar-refractivity contribution in [1.29, 1.82) is 0 Å². The third kappa shape index (κ3) is 5.54. The van der Waals surface area contributed by atoms with Crippen molar-refractivity contribution in [2.24, 2.45) is 0 Å². The van der Waals surface area contributed by atoms with Crippen molar-refractivity contribution >= 4 is 5.91 Å². The number of nitrogens with zero attached hydrogens (tertiary/aromatic N) is 2. The van der Waals surface area contributed by atoms with Gasteiger partial charge in [0.05, 0.1) is 12.6 Å². The number of carbonyl (C=O) groups is 1. The van der Waals surface area contributed by atoms with Gasteiger partial charge in [-0.2, -0.15) is 0 Å². The minimum absolute atomic E-state index is 0.0636. The topological polar surface area (TPSA) is 54.5 Å². The second-order valence-electron chi connectivity index (χ2n) is 7.00. The molecule has 0 aliphatic carbocycles. The van der Waals surface area contributed by atoms with Gasteiger partial charge >= 0.3 is 0 Å². The van der Waals surface area contributed by atoms with E-state index in [1.54, 1.807) is 6.20 Å². The molecule has 1 amide bonds. The normalized spacial score (nSPS) is 17.0. The van der Waals surface area contributed by atoms with Gasteiger partial charge in [-0.3, -0.25) is 9.69 Å². The van der Waals surface area contributed by atoms with Crippen LogP contribution >= 0.6 is 0 Å². The zero-order valence-corrected chi connectivity index (χ0v) is 16.1. The van der Waals surface area contributed by atoms with Crippen molar-refractivity contribution in [2.75, 3.05) is 13.2 Å². The van der Waals surface area contributed by atoms with Crippen molar-refractivity contribution in [3.05, 3.63) is 59.8 Å². The summed E-state index contributed by atoms with van der Waals surface area (Å²) in [5.74, 6) is 0.714. The summed E-state index contributed by atoms with van der Waals surface area (Å²) in [4.78, 5) is 19.4. The van der Waals surface area contributed by atoms with Crippen LogP contribution < -0.4 is 10.1 Å². The number of unbranched alkanes of at least 4 members (excludes halogenated alkanes) is 1. The number of carbonyl (C=O) groups excluding carboxylic acids is 1. The zero-order valence-electron chi connectivity index (χ0n) is 16.1. The lowest BCUT2D eigenvalue weighted by Crippen LogP contribution is -2.42. The van der Waals surface area contributed by atoms with E-state index in [2.05, 4.69) is 34.3 Å². The second-order valence-corrected chi connectivity index (χ2v) is 7.00. The summed E-state index contributed by atoms with van der Waals surface area (Å²) in [6.07, 6.45) is 5.77. The van der Waals surface area contributed by atoms with E-state index in [9.17, 15) is 4.79 Å². The Hall–Kier alpha value is -2.40. The van der Waals surface area contributed by atoms with Gasteiger partial charge in [-0.15, -0.1) is 0 Å². The number of hydrogen-bond donors (Lipinski definition) is 1. The number of amides is 1. The number of aromatic nitrogens is 1. The van der Waals surface area contributed by atoms with Crippen molar-refractivity contribution in [3.8, 4) is 5.88 Å². The SMILES string of the molecule is CCCCOc1ncccc1CNC(=O)C1CCCN1Cc1ccccc1. The molecule has 1 aromatic carbocycles. The molecule has 1 atom stereocenters. The molecular weight excluding hydrogens is 338 g/mol. The minimum Gasteiger partial charge on any atom is -0.477 e. The lowest BCUT2D eigenvalue weighted by molar-refractivity contribution is -0.125. The third-order valence-corrected chi connectivity index (χ3v) is 4.93. The average molecular weight is 367 g/mol. The maximum atomic E-state index is 12.8. The van der Waals surface area contributed by atoms with E-state index in [0.29, 0.717) is 19.0 Å². The van der Waals surface area contributed by atoms with E-state index in [-0.39, 0.29) is 11.9 Å². The van der Waals surface area contributed by atoms with Gasteiger partial charge in [-0.25, -0.2) is 4.98 Å². The first-order valence-electron chi connectivity index (χ1n) is 9.90. The van der Waals surface area contributed by atoms with E-state index in [1.165, 1.54) is 5.56 Å². The van der Waals surface area contributed by atoms with Crippen LogP contribution in [0.5, 0.6) is 5.88 Å². The molecule has 2 aromatic rings. The molecule has 1 saturated heterocycles. The lowest BCUT2D eigenvalue weighted by atomic mass is 10.1. The smallest absolute Gasteiger partial charge is 0.237 e. The Morgan fingerprint density at radius 2 is 2.11 bits per heavy atom. The number of ether oxygens (including phenoxy) is 1. The van der Waals surface area contributed by atoms with E-state index < -0.39 is 0 Å². The number of likely N-dealkylation sites (tertiary alicyclic amines) is 1. The first-order chi connectivity index (χ1) is 13.3. The molecule has 1 N–H and O–H groups in total. The molecule has 144 valence electrons. The molecule has 0 bridgehead atoms. The highest BCUT2D eigenvalue weighted by Gasteiger charge is 2.30. The first-order valence-corrected chi connectivity index (χ1v) is 9.90. The third-order valence-electron chi connectivity index (χ3n) is 4.93. The standard InChI is InChI=1S/C22H29N3O2/c1-2-3-15-27-22-19(11-7-13-23-22)16-24-21(26)20-12-8-14-25(20)17-18-9-5-4-6-10-18/h4-7,9-11,13,20H,2-3,8,12,14-17H2,1H3,(H,24,26). The minimum atomic E-state index is -0.0636. The highest BCUT2D eigenvalue weighted by Crippen LogP contribution is 2.21. The highest BCUT2D eigenvalue weighted by atomic mass is 16.5. The molecule has 0 radical (unpaired) electrons. The average Bonchev–Trinajstić information content (AvgIpc) is 3.16. The number of benzene rings is 1. The summed E-state index contributed by atoms with van der Waals surface area (Å²) in [6.45, 7) is 5.01. The maximum absolute atomic E-state index is 12.8. The molecule has 27 heavy (non-hydrogen) atoms. The maximum Gasteiger partial charge on any atom is 0.237 e. The van der Waals surface area contributed by atoms with E-state index in [4.69, 9.17) is 4.74 Å². The van der Waals surface area contributed by atoms with Crippen molar-refractivity contribution in [3.63, 3.8) is 0 Å².